The second kappa shape index (κ2) is 10.2. The lowest BCUT2D eigenvalue weighted by molar-refractivity contribution is -0.120. The number of likely N-dealkylation sites (tertiary alicyclic amines) is 1. The van der Waals surface area contributed by atoms with Crippen molar-refractivity contribution in [3.05, 3.63) is 59.4 Å². The molecule has 35 heavy (non-hydrogen) atoms. The first-order valence-corrected chi connectivity index (χ1v) is 12.8. The van der Waals surface area contributed by atoms with Crippen molar-refractivity contribution in [3.8, 4) is 11.3 Å². The highest BCUT2D eigenvalue weighted by molar-refractivity contribution is 5.92. The lowest BCUT2D eigenvalue weighted by Gasteiger charge is -2.36. The molecule has 1 aliphatic heterocycles. The van der Waals surface area contributed by atoms with Gasteiger partial charge in [0.2, 0.25) is 0 Å². The second-order valence-corrected chi connectivity index (χ2v) is 10.7. The van der Waals surface area contributed by atoms with Crippen LogP contribution in [0, 0.1) is 29.3 Å². The van der Waals surface area contributed by atoms with Gasteiger partial charge in [-0.2, -0.15) is 0 Å². The Morgan fingerprint density at radius 3 is 2.57 bits per heavy atom. The number of H-pyrrole nitrogens is 1. The largest absolute Gasteiger partial charge is 0.352 e. The molecule has 1 saturated carbocycles. The number of carbonyl (C=O) groups excluding carboxylic acids is 1. The molecular weight excluding hydrogens is 449 g/mol. The van der Waals surface area contributed by atoms with Gasteiger partial charge in [-0.05, 0) is 111 Å². The van der Waals surface area contributed by atoms with E-state index in [1.165, 1.54) is 24.6 Å². The second-order valence-electron chi connectivity index (χ2n) is 10.7. The minimum Gasteiger partial charge on any atom is -0.352 e. The van der Waals surface area contributed by atoms with Crippen LogP contribution in [0.4, 0.5) is 13.2 Å². The Bertz CT molecular complexity index is 1200. The molecule has 0 radical (unpaired) electrons. The molecule has 6 heteroatoms. The summed E-state index contributed by atoms with van der Waals surface area (Å²) in [5.74, 6) is 0.0238. The average Bonchev–Trinajstić information content (AvgIpc) is 3.15. The Labute approximate surface area is 204 Å². The molecule has 3 nitrogen and oxygen atoms in total. The molecule has 2 aromatic carbocycles. The van der Waals surface area contributed by atoms with Crippen molar-refractivity contribution in [3.63, 3.8) is 0 Å². The lowest BCUT2D eigenvalue weighted by atomic mass is 9.68. The third-order valence-electron chi connectivity index (χ3n) is 7.95. The van der Waals surface area contributed by atoms with Gasteiger partial charge in [-0.25, -0.2) is 13.2 Å². The van der Waals surface area contributed by atoms with Crippen LogP contribution in [0.2, 0.25) is 0 Å². The van der Waals surface area contributed by atoms with Crippen LogP contribution < -0.4 is 0 Å². The maximum absolute atomic E-state index is 14.5. The van der Waals surface area contributed by atoms with Crippen LogP contribution >= 0.6 is 0 Å². The smallest absolute Gasteiger partial charge is 0.150 e. The fourth-order valence-electron chi connectivity index (χ4n) is 6.17. The van der Waals surface area contributed by atoms with Gasteiger partial charge in [0, 0.05) is 30.8 Å². The maximum atomic E-state index is 14.5. The summed E-state index contributed by atoms with van der Waals surface area (Å²) in [6.07, 6.45) is 7.45. The number of Topliss-reactive ketones (excluding diaryl/α,β-unsaturated/α-hetero) is 1. The standard InChI is InChI=1S/C29H33F3N2O/c1-34-11-3-5-19(17-34)14-24(35)6-2-4-18-12-21(13-18)27-25-15-23(31)16-26(32)29(25)33-28(27)20-7-9-22(30)10-8-20/h7-10,15-16,18-19,21,33H,2-6,11-14,17H2,1H3. The predicted molar refractivity (Wildman–Crippen MR) is 133 cm³/mol. The van der Waals surface area contributed by atoms with E-state index in [1.54, 1.807) is 12.1 Å². The van der Waals surface area contributed by atoms with Crippen molar-refractivity contribution in [1.82, 2.24) is 9.88 Å². The number of nitrogens with zero attached hydrogens (tertiary/aromatic N) is 1. The Morgan fingerprint density at radius 2 is 1.83 bits per heavy atom. The van der Waals surface area contributed by atoms with Crippen LogP contribution in [-0.4, -0.2) is 35.8 Å². The molecule has 2 heterocycles. The number of benzene rings is 2. The van der Waals surface area contributed by atoms with Gasteiger partial charge >= 0.3 is 0 Å². The molecule has 1 aliphatic carbocycles. The number of carbonyl (C=O) groups is 1. The molecule has 5 rings (SSSR count). The van der Waals surface area contributed by atoms with E-state index in [0.29, 0.717) is 41.4 Å². The van der Waals surface area contributed by atoms with Gasteiger partial charge in [-0.1, -0.05) is 0 Å². The van der Waals surface area contributed by atoms with Gasteiger partial charge in [0.1, 0.15) is 23.2 Å². The molecule has 2 aliphatic rings. The van der Waals surface area contributed by atoms with Crippen LogP contribution in [0.15, 0.2) is 36.4 Å². The van der Waals surface area contributed by atoms with Crippen LogP contribution in [0.3, 0.4) is 0 Å². The number of piperidine rings is 1. The van der Waals surface area contributed by atoms with Crippen LogP contribution in [-0.2, 0) is 4.79 Å². The predicted octanol–water partition coefficient (Wildman–Crippen LogP) is 7.22. The van der Waals surface area contributed by atoms with Gasteiger partial charge < -0.3 is 9.88 Å². The first kappa shape index (κ1) is 24.1. The molecule has 2 fully saturated rings. The summed E-state index contributed by atoms with van der Waals surface area (Å²) in [6, 6.07) is 8.39. The fourth-order valence-corrected chi connectivity index (χ4v) is 6.17. The van der Waals surface area contributed by atoms with E-state index < -0.39 is 11.6 Å². The highest BCUT2D eigenvalue weighted by Crippen LogP contribution is 2.49. The monoisotopic (exact) mass is 482 g/mol. The summed E-state index contributed by atoms with van der Waals surface area (Å²) in [5.41, 5.74) is 2.71. The van der Waals surface area contributed by atoms with Crippen molar-refractivity contribution in [2.24, 2.45) is 11.8 Å². The number of aromatic amines is 1. The zero-order valence-corrected chi connectivity index (χ0v) is 20.3. The first-order chi connectivity index (χ1) is 16.9. The minimum atomic E-state index is -0.617. The molecule has 1 aromatic heterocycles. The van der Waals surface area contributed by atoms with Gasteiger partial charge in [0.15, 0.2) is 0 Å². The molecule has 1 N–H and O–H groups in total. The lowest BCUT2D eigenvalue weighted by Crippen LogP contribution is -2.33. The number of halogens is 3. The van der Waals surface area contributed by atoms with Gasteiger partial charge in [-0.3, -0.25) is 4.79 Å². The van der Waals surface area contributed by atoms with Crippen molar-refractivity contribution >= 4 is 16.7 Å². The van der Waals surface area contributed by atoms with Crippen molar-refractivity contribution < 1.29 is 18.0 Å². The molecule has 1 unspecified atom stereocenters. The topological polar surface area (TPSA) is 36.1 Å². The SMILES string of the molecule is CN1CCCC(CC(=O)CCCC2CC(c3c(-c4ccc(F)cc4)[nH]c4c(F)cc(F)cc34)C2)C1. The highest BCUT2D eigenvalue weighted by atomic mass is 19.1. The van der Waals surface area contributed by atoms with Crippen LogP contribution in [0.25, 0.3) is 22.2 Å². The number of hydrogen-bond acceptors (Lipinski definition) is 2. The summed E-state index contributed by atoms with van der Waals surface area (Å²) in [6.45, 7) is 2.16. The van der Waals surface area contributed by atoms with E-state index in [4.69, 9.17) is 0 Å². The summed E-state index contributed by atoms with van der Waals surface area (Å²) < 4.78 is 42.1. The number of nitrogens with one attached hydrogen (secondary N) is 1. The third-order valence-corrected chi connectivity index (χ3v) is 7.95. The normalized spacial score (nSPS) is 22.9. The van der Waals surface area contributed by atoms with E-state index in [-0.39, 0.29) is 11.7 Å². The summed E-state index contributed by atoms with van der Waals surface area (Å²) >= 11 is 0. The third kappa shape index (κ3) is 5.32. The Morgan fingerprint density at radius 1 is 1.06 bits per heavy atom. The van der Waals surface area contributed by atoms with Crippen molar-refractivity contribution in [2.75, 3.05) is 20.1 Å². The van der Waals surface area contributed by atoms with E-state index in [0.717, 1.165) is 68.1 Å². The number of rotatable bonds is 8. The molecule has 0 bridgehead atoms. The summed E-state index contributed by atoms with van der Waals surface area (Å²) in [5, 5.41) is 0.568. The molecule has 1 saturated heterocycles. The van der Waals surface area contributed by atoms with Crippen molar-refractivity contribution in [2.45, 2.75) is 57.3 Å². The highest BCUT2D eigenvalue weighted by Gasteiger charge is 2.34. The summed E-state index contributed by atoms with van der Waals surface area (Å²) in [4.78, 5) is 17.9. The van der Waals surface area contributed by atoms with Gasteiger partial charge in [-0.15, -0.1) is 0 Å². The fraction of sp³-hybridized carbons (Fsp3) is 0.483. The quantitative estimate of drug-likeness (QED) is 0.368. The van der Waals surface area contributed by atoms with E-state index in [2.05, 4.69) is 16.9 Å². The van der Waals surface area contributed by atoms with E-state index in [1.807, 2.05) is 0 Å². The minimum absolute atomic E-state index is 0.184. The van der Waals surface area contributed by atoms with Gasteiger partial charge in [0.25, 0.3) is 0 Å². The van der Waals surface area contributed by atoms with Gasteiger partial charge in [0.05, 0.1) is 11.2 Å². The van der Waals surface area contributed by atoms with E-state index in [9.17, 15) is 18.0 Å². The number of ketones is 1. The molecular formula is C29H33F3N2O. The molecule has 3 aromatic rings. The zero-order chi connectivity index (χ0) is 24.5. The Balaban J connectivity index is 1.23. The molecule has 0 spiro atoms. The first-order valence-electron chi connectivity index (χ1n) is 12.8. The number of hydrogen-bond donors (Lipinski definition) is 1. The number of fused-ring (bicyclic) bond motifs is 1. The van der Waals surface area contributed by atoms with E-state index >= 15 is 0 Å². The van der Waals surface area contributed by atoms with Crippen LogP contribution in [0.1, 0.15) is 62.8 Å². The summed E-state index contributed by atoms with van der Waals surface area (Å²) in [7, 11) is 2.13. The van der Waals surface area contributed by atoms with Crippen molar-refractivity contribution in [1.29, 1.82) is 0 Å². The molecule has 186 valence electrons. The molecule has 0 amide bonds. The number of aromatic nitrogens is 1. The average molecular weight is 483 g/mol. The Kier molecular flexibility index (Phi) is 7.01. The van der Waals surface area contributed by atoms with Crippen LogP contribution in [0.5, 0.6) is 0 Å². The Hall–Kier alpha value is -2.60. The maximum Gasteiger partial charge on any atom is 0.150 e. The molecule has 1 atom stereocenters. The zero-order valence-electron chi connectivity index (χ0n) is 20.3.